The molecule has 0 aliphatic carbocycles. The molecule has 0 spiro atoms. The minimum absolute atomic E-state index is 0.601. The van der Waals surface area contributed by atoms with Gasteiger partial charge in [0.05, 0.1) is 6.61 Å². The second-order valence-electron chi connectivity index (χ2n) is 5.08. The van der Waals surface area contributed by atoms with E-state index in [9.17, 15) is 0 Å². The average molecular weight is 268 g/mol. The maximum atomic E-state index is 5.48. The van der Waals surface area contributed by atoms with Gasteiger partial charge in [0.15, 0.2) is 5.76 Å². The summed E-state index contributed by atoms with van der Waals surface area (Å²) in [7, 11) is -1.34. The standard InChI is InChI=1S/C17H20OSi/c1-5-18-17(12-9-15-19(2,3)4)14-13-16-10-7-6-8-11-16/h6-8,10-12H,5H2,1-4H3. The predicted molar refractivity (Wildman–Crippen MR) is 84.2 cm³/mol. The zero-order valence-electron chi connectivity index (χ0n) is 12.1. The summed E-state index contributed by atoms with van der Waals surface area (Å²) >= 11 is 0. The molecule has 1 rings (SSSR count). The molecule has 0 amide bonds. The van der Waals surface area contributed by atoms with Gasteiger partial charge in [-0.25, -0.2) is 0 Å². The number of allylic oxidation sites excluding steroid dienone is 2. The van der Waals surface area contributed by atoms with Gasteiger partial charge in [-0.05, 0) is 25.0 Å². The highest BCUT2D eigenvalue weighted by Crippen LogP contribution is 2.00. The summed E-state index contributed by atoms with van der Waals surface area (Å²) in [6.45, 7) is 9.19. The lowest BCUT2D eigenvalue weighted by atomic mass is 10.2. The van der Waals surface area contributed by atoms with Crippen molar-refractivity contribution in [3.63, 3.8) is 0 Å². The van der Waals surface area contributed by atoms with E-state index >= 15 is 0 Å². The quantitative estimate of drug-likeness (QED) is 0.450. The summed E-state index contributed by atoms with van der Waals surface area (Å²) in [6.07, 6.45) is 1.78. The van der Waals surface area contributed by atoms with E-state index in [-0.39, 0.29) is 0 Å². The van der Waals surface area contributed by atoms with E-state index in [1.165, 1.54) is 0 Å². The fourth-order valence-corrected chi connectivity index (χ4v) is 1.75. The van der Waals surface area contributed by atoms with Crippen LogP contribution >= 0.6 is 0 Å². The summed E-state index contributed by atoms with van der Waals surface area (Å²) in [6, 6.07) is 9.87. The van der Waals surface area contributed by atoms with Crippen LogP contribution in [0.1, 0.15) is 12.5 Å². The van der Waals surface area contributed by atoms with E-state index in [0.717, 1.165) is 5.56 Å². The van der Waals surface area contributed by atoms with Crippen molar-refractivity contribution < 1.29 is 4.74 Å². The van der Waals surface area contributed by atoms with Gasteiger partial charge in [0.1, 0.15) is 8.07 Å². The first-order chi connectivity index (χ1) is 9.01. The normalized spacial score (nSPS) is 10.8. The second kappa shape index (κ2) is 7.51. The van der Waals surface area contributed by atoms with Gasteiger partial charge in [0.2, 0.25) is 0 Å². The molecule has 19 heavy (non-hydrogen) atoms. The van der Waals surface area contributed by atoms with Gasteiger partial charge < -0.3 is 4.74 Å². The van der Waals surface area contributed by atoms with Crippen molar-refractivity contribution in [3.05, 3.63) is 47.7 Å². The molecule has 0 radical (unpaired) electrons. The molecule has 0 aliphatic rings. The Morgan fingerprint density at radius 3 is 2.47 bits per heavy atom. The fraction of sp³-hybridized carbons (Fsp3) is 0.294. The largest absolute Gasteiger partial charge is 0.485 e. The summed E-state index contributed by atoms with van der Waals surface area (Å²) in [5.41, 5.74) is 4.25. The van der Waals surface area contributed by atoms with Crippen LogP contribution in [0.15, 0.2) is 42.2 Å². The average Bonchev–Trinajstić information content (AvgIpc) is 2.36. The van der Waals surface area contributed by atoms with Crippen LogP contribution in [0.2, 0.25) is 19.6 Å². The Morgan fingerprint density at radius 2 is 1.89 bits per heavy atom. The van der Waals surface area contributed by atoms with Crippen LogP contribution in [-0.4, -0.2) is 14.7 Å². The third-order valence-corrected chi connectivity index (χ3v) is 2.95. The van der Waals surface area contributed by atoms with Crippen LogP contribution in [0.3, 0.4) is 0 Å². The van der Waals surface area contributed by atoms with E-state index < -0.39 is 8.07 Å². The zero-order chi connectivity index (χ0) is 14.1. The number of hydrogen-bond donors (Lipinski definition) is 0. The Morgan fingerprint density at radius 1 is 1.21 bits per heavy atom. The number of rotatable bonds is 2. The molecule has 1 aromatic carbocycles. The lowest BCUT2D eigenvalue weighted by Crippen LogP contribution is -2.16. The molecule has 0 bridgehead atoms. The monoisotopic (exact) mass is 268 g/mol. The Balaban J connectivity index is 2.87. The highest BCUT2D eigenvalue weighted by atomic mass is 28.3. The zero-order valence-corrected chi connectivity index (χ0v) is 13.1. The van der Waals surface area contributed by atoms with Gasteiger partial charge in [-0.15, -0.1) is 5.54 Å². The van der Waals surface area contributed by atoms with Crippen molar-refractivity contribution in [2.75, 3.05) is 6.61 Å². The minimum Gasteiger partial charge on any atom is -0.485 e. The molecular weight excluding hydrogens is 248 g/mol. The van der Waals surface area contributed by atoms with Crippen molar-refractivity contribution in [1.82, 2.24) is 0 Å². The number of ether oxygens (including phenoxy) is 1. The molecule has 0 heterocycles. The molecule has 2 heteroatoms. The third kappa shape index (κ3) is 7.19. The van der Waals surface area contributed by atoms with Crippen molar-refractivity contribution in [2.24, 2.45) is 0 Å². The summed E-state index contributed by atoms with van der Waals surface area (Å²) in [4.78, 5) is 0. The van der Waals surface area contributed by atoms with Gasteiger partial charge in [-0.1, -0.05) is 49.7 Å². The van der Waals surface area contributed by atoms with Crippen molar-refractivity contribution in [2.45, 2.75) is 26.6 Å². The molecule has 98 valence electrons. The van der Waals surface area contributed by atoms with Crippen LogP contribution in [0.4, 0.5) is 0 Å². The fourth-order valence-electron chi connectivity index (χ4n) is 1.24. The number of benzene rings is 1. The van der Waals surface area contributed by atoms with Gasteiger partial charge in [0.25, 0.3) is 0 Å². The van der Waals surface area contributed by atoms with Gasteiger partial charge in [0, 0.05) is 11.6 Å². The molecule has 0 aromatic heterocycles. The van der Waals surface area contributed by atoms with Crippen LogP contribution in [-0.2, 0) is 4.74 Å². The summed E-state index contributed by atoms with van der Waals surface area (Å²) in [5.74, 6) is 9.81. The van der Waals surface area contributed by atoms with E-state index in [1.54, 1.807) is 6.08 Å². The van der Waals surface area contributed by atoms with Crippen LogP contribution in [0.25, 0.3) is 0 Å². The van der Waals surface area contributed by atoms with Gasteiger partial charge >= 0.3 is 0 Å². The Bertz CT molecular complexity index is 542. The smallest absolute Gasteiger partial charge is 0.178 e. The Kier molecular flexibility index (Phi) is 5.99. The molecule has 0 saturated heterocycles. The molecule has 1 nitrogen and oxygen atoms in total. The molecule has 0 aliphatic heterocycles. The number of hydrogen-bond acceptors (Lipinski definition) is 1. The molecule has 0 atom stereocenters. The van der Waals surface area contributed by atoms with E-state index in [1.807, 2.05) is 37.3 Å². The first kappa shape index (κ1) is 15.2. The van der Waals surface area contributed by atoms with Gasteiger partial charge in [-0.3, -0.25) is 0 Å². The van der Waals surface area contributed by atoms with Crippen molar-refractivity contribution in [3.8, 4) is 23.3 Å². The first-order valence-electron chi connectivity index (χ1n) is 6.44. The highest BCUT2D eigenvalue weighted by molar-refractivity contribution is 6.83. The van der Waals surface area contributed by atoms with Crippen molar-refractivity contribution >= 4 is 8.07 Å². The Labute approximate surface area is 117 Å². The first-order valence-corrected chi connectivity index (χ1v) is 9.94. The molecule has 0 N–H and O–H groups in total. The predicted octanol–water partition coefficient (Wildman–Crippen LogP) is 3.84. The van der Waals surface area contributed by atoms with E-state index in [4.69, 9.17) is 4.74 Å². The molecular formula is C17H20OSi. The van der Waals surface area contributed by atoms with Crippen LogP contribution < -0.4 is 0 Å². The lowest BCUT2D eigenvalue weighted by molar-refractivity contribution is 0.246. The van der Waals surface area contributed by atoms with Crippen LogP contribution in [0.5, 0.6) is 0 Å². The van der Waals surface area contributed by atoms with Crippen molar-refractivity contribution in [1.29, 1.82) is 0 Å². The van der Waals surface area contributed by atoms with E-state index in [0.29, 0.717) is 12.4 Å². The minimum atomic E-state index is -1.34. The lowest BCUT2D eigenvalue weighted by Gasteiger charge is -2.02. The maximum absolute atomic E-state index is 5.48. The molecule has 0 fully saturated rings. The SMILES string of the molecule is CCOC(C#Cc1ccccc1)=CC#C[Si](C)(C)C. The summed E-state index contributed by atoms with van der Waals surface area (Å²) in [5, 5.41) is 0. The second-order valence-corrected chi connectivity index (χ2v) is 9.83. The molecule has 1 aromatic rings. The van der Waals surface area contributed by atoms with Gasteiger partial charge in [-0.2, -0.15) is 0 Å². The molecule has 0 unspecified atom stereocenters. The highest BCUT2D eigenvalue weighted by Gasteiger charge is 2.06. The van der Waals surface area contributed by atoms with E-state index in [2.05, 4.69) is 42.9 Å². The third-order valence-electron chi connectivity index (χ3n) is 2.05. The molecule has 0 saturated carbocycles. The summed E-state index contributed by atoms with van der Waals surface area (Å²) < 4.78 is 5.48. The maximum Gasteiger partial charge on any atom is 0.178 e. The Hall–Kier alpha value is -1.90. The van der Waals surface area contributed by atoms with Crippen LogP contribution in [0, 0.1) is 23.3 Å². The topological polar surface area (TPSA) is 9.23 Å².